The fraction of sp³-hybridized carbons (Fsp3) is 0.300. The molecule has 1 amide bonds. The van der Waals surface area contributed by atoms with Crippen molar-refractivity contribution < 1.29 is 4.79 Å². The molecule has 2 aromatic rings. The van der Waals surface area contributed by atoms with Gasteiger partial charge in [-0.15, -0.1) is 0 Å². The van der Waals surface area contributed by atoms with Crippen LogP contribution in [0.4, 0.5) is 5.69 Å². The standard InChI is InChI=1S/C20H19ClN2O/c1-20(2)11-17(20)19(24)23-16-8-7-15(18(21)10-16)9-13-3-5-14(12-22)6-4-13/h3-8,10,17H,9,11H2,1-2H3,(H,23,24). The molecule has 24 heavy (non-hydrogen) atoms. The zero-order valence-electron chi connectivity index (χ0n) is 13.8. The summed E-state index contributed by atoms with van der Waals surface area (Å²) in [6, 6.07) is 15.2. The summed E-state index contributed by atoms with van der Waals surface area (Å²) in [5.74, 6) is 0.158. The fourth-order valence-corrected chi connectivity index (χ4v) is 3.08. The van der Waals surface area contributed by atoms with Crippen LogP contribution < -0.4 is 5.32 Å². The molecule has 0 radical (unpaired) electrons. The number of nitrogens with one attached hydrogen (secondary N) is 1. The highest BCUT2D eigenvalue weighted by Crippen LogP contribution is 2.52. The number of nitriles is 1. The van der Waals surface area contributed by atoms with Gasteiger partial charge in [0.25, 0.3) is 0 Å². The maximum Gasteiger partial charge on any atom is 0.228 e. The van der Waals surface area contributed by atoms with E-state index >= 15 is 0 Å². The summed E-state index contributed by atoms with van der Waals surface area (Å²) < 4.78 is 0. The second-order valence-electron chi connectivity index (χ2n) is 7.03. The molecule has 2 aromatic carbocycles. The number of anilines is 1. The molecule has 0 aromatic heterocycles. The molecule has 0 bridgehead atoms. The fourth-order valence-electron chi connectivity index (χ4n) is 2.83. The van der Waals surface area contributed by atoms with Gasteiger partial charge in [0.05, 0.1) is 11.6 Å². The predicted molar refractivity (Wildman–Crippen MR) is 95.9 cm³/mol. The smallest absolute Gasteiger partial charge is 0.228 e. The molecule has 1 saturated carbocycles. The lowest BCUT2D eigenvalue weighted by Crippen LogP contribution is -2.16. The Kier molecular flexibility index (Phi) is 4.34. The molecule has 1 aliphatic carbocycles. The molecule has 1 fully saturated rings. The average Bonchev–Trinajstić information content (AvgIpc) is 3.19. The first-order valence-electron chi connectivity index (χ1n) is 7.97. The van der Waals surface area contributed by atoms with E-state index in [4.69, 9.17) is 16.9 Å². The number of nitrogens with zero attached hydrogens (tertiary/aromatic N) is 1. The molecule has 1 N–H and O–H groups in total. The van der Waals surface area contributed by atoms with Crippen molar-refractivity contribution in [3.05, 3.63) is 64.2 Å². The van der Waals surface area contributed by atoms with Gasteiger partial charge in [0.15, 0.2) is 0 Å². The minimum Gasteiger partial charge on any atom is -0.326 e. The molecule has 0 saturated heterocycles. The lowest BCUT2D eigenvalue weighted by Gasteiger charge is -2.10. The third-order valence-electron chi connectivity index (χ3n) is 4.63. The Morgan fingerprint density at radius 1 is 1.29 bits per heavy atom. The van der Waals surface area contributed by atoms with Crippen molar-refractivity contribution in [3.8, 4) is 6.07 Å². The zero-order valence-corrected chi connectivity index (χ0v) is 14.5. The van der Waals surface area contributed by atoms with Crippen LogP contribution in [0.1, 0.15) is 37.0 Å². The molecule has 0 aliphatic heterocycles. The van der Waals surface area contributed by atoms with E-state index < -0.39 is 0 Å². The van der Waals surface area contributed by atoms with Crippen LogP contribution in [0.3, 0.4) is 0 Å². The molecule has 3 nitrogen and oxygen atoms in total. The van der Waals surface area contributed by atoms with Gasteiger partial charge in [-0.25, -0.2) is 0 Å². The van der Waals surface area contributed by atoms with Crippen molar-refractivity contribution in [1.82, 2.24) is 0 Å². The number of halogens is 1. The Hall–Kier alpha value is -2.31. The van der Waals surface area contributed by atoms with Crippen molar-refractivity contribution in [3.63, 3.8) is 0 Å². The molecular weight excluding hydrogens is 320 g/mol. The van der Waals surface area contributed by atoms with Crippen LogP contribution in [-0.4, -0.2) is 5.91 Å². The molecule has 122 valence electrons. The largest absolute Gasteiger partial charge is 0.326 e. The third kappa shape index (κ3) is 3.60. The number of amides is 1. The maximum absolute atomic E-state index is 12.2. The van der Waals surface area contributed by atoms with E-state index in [0.717, 1.165) is 23.2 Å². The first-order valence-corrected chi connectivity index (χ1v) is 8.35. The van der Waals surface area contributed by atoms with Gasteiger partial charge < -0.3 is 5.32 Å². The molecule has 3 rings (SSSR count). The van der Waals surface area contributed by atoms with Crippen LogP contribution in [0.2, 0.25) is 5.02 Å². The zero-order chi connectivity index (χ0) is 17.3. The van der Waals surface area contributed by atoms with Gasteiger partial charge in [-0.05, 0) is 53.6 Å². The summed E-state index contributed by atoms with van der Waals surface area (Å²) >= 11 is 6.37. The van der Waals surface area contributed by atoms with Crippen LogP contribution in [0, 0.1) is 22.7 Å². The predicted octanol–water partition coefficient (Wildman–Crippen LogP) is 4.79. The molecular formula is C20H19ClN2O. The van der Waals surface area contributed by atoms with E-state index in [-0.39, 0.29) is 17.2 Å². The molecule has 1 atom stereocenters. The third-order valence-corrected chi connectivity index (χ3v) is 4.98. The topological polar surface area (TPSA) is 52.9 Å². The van der Waals surface area contributed by atoms with E-state index in [0.29, 0.717) is 17.0 Å². The summed E-state index contributed by atoms with van der Waals surface area (Å²) in [7, 11) is 0. The second kappa shape index (κ2) is 6.30. The molecule has 1 unspecified atom stereocenters. The second-order valence-corrected chi connectivity index (χ2v) is 7.43. The van der Waals surface area contributed by atoms with Gasteiger partial charge in [0.1, 0.15) is 0 Å². The van der Waals surface area contributed by atoms with E-state index in [1.165, 1.54) is 0 Å². The Morgan fingerprint density at radius 2 is 1.96 bits per heavy atom. The number of carbonyl (C=O) groups excluding carboxylic acids is 1. The summed E-state index contributed by atoms with van der Waals surface area (Å²) in [6.45, 7) is 4.20. The monoisotopic (exact) mass is 338 g/mol. The Bertz CT molecular complexity index is 819. The lowest BCUT2D eigenvalue weighted by atomic mass is 10.0. The van der Waals surface area contributed by atoms with E-state index in [1.54, 1.807) is 18.2 Å². The number of hydrogen-bond donors (Lipinski definition) is 1. The van der Waals surface area contributed by atoms with Gasteiger partial charge in [-0.2, -0.15) is 5.26 Å². The van der Waals surface area contributed by atoms with Crippen LogP contribution in [0.15, 0.2) is 42.5 Å². The Morgan fingerprint density at radius 3 is 2.50 bits per heavy atom. The van der Waals surface area contributed by atoms with E-state index in [9.17, 15) is 4.79 Å². The molecule has 4 heteroatoms. The van der Waals surface area contributed by atoms with Crippen molar-refractivity contribution in [2.45, 2.75) is 26.7 Å². The number of hydrogen-bond acceptors (Lipinski definition) is 2. The highest BCUT2D eigenvalue weighted by Gasteiger charge is 2.50. The van der Waals surface area contributed by atoms with Gasteiger partial charge in [0.2, 0.25) is 5.91 Å². The van der Waals surface area contributed by atoms with E-state index in [1.807, 2.05) is 24.3 Å². The SMILES string of the molecule is CC1(C)CC1C(=O)Nc1ccc(Cc2ccc(C#N)cc2)c(Cl)c1. The molecule has 1 aliphatic rings. The summed E-state index contributed by atoms with van der Waals surface area (Å²) in [6.07, 6.45) is 1.62. The van der Waals surface area contributed by atoms with Crippen molar-refractivity contribution in [2.24, 2.45) is 11.3 Å². The van der Waals surface area contributed by atoms with Gasteiger partial charge in [-0.1, -0.05) is 43.6 Å². The first-order chi connectivity index (χ1) is 11.4. The summed E-state index contributed by atoms with van der Waals surface area (Å²) in [5.41, 5.74) is 3.57. The average molecular weight is 339 g/mol. The minimum atomic E-state index is 0.0657. The Labute approximate surface area is 147 Å². The number of benzene rings is 2. The van der Waals surface area contributed by atoms with Crippen LogP contribution >= 0.6 is 11.6 Å². The molecule has 0 spiro atoms. The highest BCUT2D eigenvalue weighted by atomic mass is 35.5. The quantitative estimate of drug-likeness (QED) is 0.871. The Balaban J connectivity index is 1.68. The summed E-state index contributed by atoms with van der Waals surface area (Å²) in [5, 5.41) is 12.4. The van der Waals surface area contributed by atoms with Crippen molar-refractivity contribution in [1.29, 1.82) is 5.26 Å². The van der Waals surface area contributed by atoms with Crippen LogP contribution in [-0.2, 0) is 11.2 Å². The van der Waals surface area contributed by atoms with Crippen molar-refractivity contribution >= 4 is 23.2 Å². The number of carbonyl (C=O) groups is 1. The molecule has 0 heterocycles. The first kappa shape index (κ1) is 16.5. The van der Waals surface area contributed by atoms with Crippen LogP contribution in [0.5, 0.6) is 0 Å². The highest BCUT2D eigenvalue weighted by molar-refractivity contribution is 6.31. The summed E-state index contributed by atoms with van der Waals surface area (Å²) in [4.78, 5) is 12.2. The van der Waals surface area contributed by atoms with Crippen LogP contribution in [0.25, 0.3) is 0 Å². The van der Waals surface area contributed by atoms with Gasteiger partial charge >= 0.3 is 0 Å². The normalized spacial score (nSPS) is 17.8. The van der Waals surface area contributed by atoms with Gasteiger partial charge in [-0.3, -0.25) is 4.79 Å². The lowest BCUT2D eigenvalue weighted by molar-refractivity contribution is -0.118. The van der Waals surface area contributed by atoms with Crippen molar-refractivity contribution in [2.75, 3.05) is 5.32 Å². The van der Waals surface area contributed by atoms with Gasteiger partial charge in [0, 0.05) is 16.6 Å². The van der Waals surface area contributed by atoms with E-state index in [2.05, 4.69) is 25.2 Å². The minimum absolute atomic E-state index is 0.0657. The number of rotatable bonds is 4. The maximum atomic E-state index is 12.2.